The average Bonchev–Trinajstić information content (AvgIpc) is 3.18. The first-order valence-electron chi connectivity index (χ1n) is 11.1. The fourth-order valence-electron chi connectivity index (χ4n) is 5.13. The summed E-state index contributed by atoms with van der Waals surface area (Å²) in [5.74, 6) is 0.393. The third-order valence-corrected chi connectivity index (χ3v) is 6.79. The Morgan fingerprint density at radius 1 is 1.15 bits per heavy atom. The van der Waals surface area contributed by atoms with E-state index in [9.17, 15) is 18.0 Å². The highest BCUT2D eigenvalue weighted by Crippen LogP contribution is 2.45. The Labute approximate surface area is 190 Å². The van der Waals surface area contributed by atoms with Crippen LogP contribution in [-0.2, 0) is 18.3 Å². The van der Waals surface area contributed by atoms with Crippen molar-refractivity contribution >= 4 is 5.91 Å². The molecule has 3 heterocycles. The van der Waals surface area contributed by atoms with Crippen LogP contribution in [-0.4, -0.2) is 59.2 Å². The fraction of sp³-hybridized carbons (Fsp3) is 0.542. The molecule has 180 valence electrons. The molecule has 0 saturated carbocycles. The molecule has 1 spiro atoms. The predicted octanol–water partition coefficient (Wildman–Crippen LogP) is 4.63. The molecule has 4 rings (SSSR count). The number of halogens is 4. The lowest BCUT2D eigenvalue weighted by atomic mass is 9.79. The Morgan fingerprint density at radius 3 is 2.48 bits per heavy atom. The van der Waals surface area contributed by atoms with Gasteiger partial charge in [0.15, 0.2) is 0 Å². The first kappa shape index (κ1) is 23.6. The number of likely N-dealkylation sites (N-methyl/N-ethyl adjacent to an activating group) is 1. The van der Waals surface area contributed by atoms with Crippen LogP contribution >= 0.6 is 0 Å². The molecule has 9 heteroatoms. The van der Waals surface area contributed by atoms with E-state index in [0.717, 1.165) is 11.6 Å². The second kappa shape index (κ2) is 8.34. The Kier molecular flexibility index (Phi) is 5.97. The van der Waals surface area contributed by atoms with Crippen LogP contribution in [0.15, 0.2) is 30.3 Å². The smallest absolute Gasteiger partial charge is 0.431 e. The monoisotopic (exact) mass is 467 g/mol. The molecule has 0 N–H and O–H groups in total. The number of hydrogen-bond acceptors (Lipinski definition) is 3. The molecule has 2 aliphatic heterocycles. The van der Waals surface area contributed by atoms with E-state index in [-0.39, 0.29) is 38.1 Å². The summed E-state index contributed by atoms with van der Waals surface area (Å²) >= 11 is 0. The molecule has 2 aliphatic rings. The van der Waals surface area contributed by atoms with Crippen LogP contribution in [0.1, 0.15) is 47.6 Å². The molecule has 1 amide bonds. The molecular weight excluding hydrogens is 438 g/mol. The van der Waals surface area contributed by atoms with Crippen molar-refractivity contribution in [1.82, 2.24) is 14.4 Å². The zero-order chi connectivity index (χ0) is 24.1. The summed E-state index contributed by atoms with van der Waals surface area (Å²) in [5.41, 5.74) is -0.372. The number of alkyl halides is 4. The van der Waals surface area contributed by atoms with Gasteiger partial charge in [-0.15, -0.1) is 0 Å². The van der Waals surface area contributed by atoms with E-state index in [2.05, 4.69) is 0 Å². The molecule has 1 saturated heterocycles. The summed E-state index contributed by atoms with van der Waals surface area (Å²) < 4.78 is 63.1. The van der Waals surface area contributed by atoms with Crippen molar-refractivity contribution in [2.75, 3.05) is 26.7 Å². The quantitative estimate of drug-likeness (QED) is 0.618. The van der Waals surface area contributed by atoms with Gasteiger partial charge in [-0.05, 0) is 70.1 Å². The second-order valence-corrected chi connectivity index (χ2v) is 9.21. The summed E-state index contributed by atoms with van der Waals surface area (Å²) in [6.07, 6.45) is -5.81. The van der Waals surface area contributed by atoms with Crippen LogP contribution < -0.4 is 4.74 Å². The lowest BCUT2D eigenvalue weighted by Crippen LogP contribution is -2.63. The maximum Gasteiger partial charge on any atom is 0.431 e. The van der Waals surface area contributed by atoms with Crippen molar-refractivity contribution in [2.24, 2.45) is 0 Å². The number of piperidine rings is 1. The number of rotatable bonds is 3. The number of aryl methyl sites for hydroxylation is 1. The number of carbonyl (C=O) groups excluding carboxylic acids is 1. The van der Waals surface area contributed by atoms with Crippen molar-refractivity contribution in [2.45, 2.75) is 57.7 Å². The van der Waals surface area contributed by atoms with Gasteiger partial charge in [0.2, 0.25) is 0 Å². The molecule has 0 bridgehead atoms. The molecule has 1 fully saturated rings. The van der Waals surface area contributed by atoms with E-state index in [1.807, 2.05) is 20.8 Å². The molecule has 2 aromatic rings. The lowest BCUT2D eigenvalue weighted by molar-refractivity contribution is -0.145. The largest absolute Gasteiger partial charge is 0.491 e. The van der Waals surface area contributed by atoms with Crippen LogP contribution in [0, 0.1) is 6.92 Å². The standard InChI is InChI=1S/C24H29F4N3O2/c1-15(2)33-18-6-5-17(13-16(18)3)22(32)30-10-9-23(19(25)14-30)20-7-8-21(24(26,27)28)31(20)12-11-29(23)4/h5-8,13,15,19H,9-12,14H2,1-4H3/t19-,23-/m0/s1. The Morgan fingerprint density at radius 2 is 1.88 bits per heavy atom. The molecule has 0 radical (unpaired) electrons. The lowest BCUT2D eigenvalue weighted by Gasteiger charge is -2.52. The summed E-state index contributed by atoms with van der Waals surface area (Å²) in [5, 5.41) is 0. The van der Waals surface area contributed by atoms with Crippen LogP contribution in [0.2, 0.25) is 0 Å². The van der Waals surface area contributed by atoms with E-state index in [0.29, 0.717) is 23.6 Å². The maximum absolute atomic E-state index is 15.8. The molecular formula is C24H29F4N3O2. The number of nitrogens with zero attached hydrogens (tertiary/aromatic N) is 3. The second-order valence-electron chi connectivity index (χ2n) is 9.21. The first-order chi connectivity index (χ1) is 15.4. The molecule has 0 unspecified atom stereocenters. The summed E-state index contributed by atoms with van der Waals surface area (Å²) in [6.45, 7) is 6.20. The van der Waals surface area contributed by atoms with Crippen LogP contribution in [0.25, 0.3) is 0 Å². The molecule has 0 aliphatic carbocycles. The van der Waals surface area contributed by atoms with Crippen molar-refractivity contribution in [1.29, 1.82) is 0 Å². The molecule has 1 aromatic carbocycles. The highest BCUT2D eigenvalue weighted by atomic mass is 19.4. The van der Waals surface area contributed by atoms with Gasteiger partial charge in [0.1, 0.15) is 17.6 Å². The van der Waals surface area contributed by atoms with Gasteiger partial charge in [-0.25, -0.2) is 4.39 Å². The zero-order valence-corrected chi connectivity index (χ0v) is 19.2. The van der Waals surface area contributed by atoms with E-state index >= 15 is 4.39 Å². The first-order valence-corrected chi connectivity index (χ1v) is 11.1. The van der Waals surface area contributed by atoms with Gasteiger partial charge in [0.25, 0.3) is 5.91 Å². The van der Waals surface area contributed by atoms with E-state index < -0.39 is 23.6 Å². The predicted molar refractivity (Wildman–Crippen MR) is 116 cm³/mol. The van der Waals surface area contributed by atoms with Gasteiger partial charge in [-0.3, -0.25) is 9.69 Å². The van der Waals surface area contributed by atoms with Crippen LogP contribution in [0.4, 0.5) is 17.6 Å². The summed E-state index contributed by atoms with van der Waals surface area (Å²) in [4.78, 5) is 16.4. The number of benzene rings is 1. The van der Waals surface area contributed by atoms with E-state index in [4.69, 9.17) is 4.74 Å². The van der Waals surface area contributed by atoms with Gasteiger partial charge in [0, 0.05) is 30.9 Å². The third-order valence-electron chi connectivity index (χ3n) is 6.79. The van der Waals surface area contributed by atoms with Crippen molar-refractivity contribution in [3.05, 3.63) is 52.8 Å². The van der Waals surface area contributed by atoms with Gasteiger partial charge >= 0.3 is 6.18 Å². The minimum Gasteiger partial charge on any atom is -0.491 e. The number of likely N-dealkylation sites (tertiary alicyclic amines) is 1. The Balaban J connectivity index is 1.58. The number of hydrogen-bond donors (Lipinski definition) is 0. The van der Waals surface area contributed by atoms with E-state index in [1.165, 1.54) is 15.5 Å². The van der Waals surface area contributed by atoms with Gasteiger partial charge in [0.05, 0.1) is 18.2 Å². The minimum absolute atomic E-state index is 0.000114. The normalized spacial score (nSPS) is 23.8. The van der Waals surface area contributed by atoms with Gasteiger partial charge in [-0.2, -0.15) is 13.2 Å². The van der Waals surface area contributed by atoms with Gasteiger partial charge < -0.3 is 14.2 Å². The zero-order valence-electron chi connectivity index (χ0n) is 19.2. The molecule has 1 aromatic heterocycles. The molecule has 2 atom stereocenters. The van der Waals surface area contributed by atoms with Crippen molar-refractivity contribution in [3.8, 4) is 5.75 Å². The van der Waals surface area contributed by atoms with Gasteiger partial charge in [-0.1, -0.05) is 0 Å². The van der Waals surface area contributed by atoms with Crippen molar-refractivity contribution < 1.29 is 27.1 Å². The topological polar surface area (TPSA) is 37.7 Å². The fourth-order valence-corrected chi connectivity index (χ4v) is 5.13. The SMILES string of the molecule is Cc1cc(C(=O)N2CC[C@@]3(c4ccc(C(F)(F)F)n4CCN3C)[C@@H](F)C2)ccc1OC(C)C. The van der Waals surface area contributed by atoms with Crippen molar-refractivity contribution in [3.63, 3.8) is 0 Å². The molecule has 33 heavy (non-hydrogen) atoms. The number of aromatic nitrogens is 1. The number of ether oxygens (including phenoxy) is 1. The highest BCUT2D eigenvalue weighted by molar-refractivity contribution is 5.94. The Bertz CT molecular complexity index is 1050. The van der Waals surface area contributed by atoms with E-state index in [1.54, 1.807) is 30.1 Å². The summed E-state index contributed by atoms with van der Waals surface area (Å²) in [6, 6.07) is 7.55. The maximum atomic E-state index is 15.8. The highest BCUT2D eigenvalue weighted by Gasteiger charge is 2.53. The van der Waals surface area contributed by atoms with Crippen LogP contribution in [0.3, 0.4) is 0 Å². The number of amides is 1. The number of carbonyl (C=O) groups is 1. The Hall–Kier alpha value is -2.55. The number of fused-ring (bicyclic) bond motifs is 2. The average molecular weight is 468 g/mol. The summed E-state index contributed by atoms with van der Waals surface area (Å²) in [7, 11) is 1.74. The minimum atomic E-state index is -4.50. The third kappa shape index (κ3) is 4.00. The van der Waals surface area contributed by atoms with Crippen LogP contribution in [0.5, 0.6) is 5.75 Å². The molecule has 5 nitrogen and oxygen atoms in total.